The maximum absolute atomic E-state index is 13.7. The Morgan fingerprint density at radius 3 is 2.41 bits per heavy atom. The molecule has 0 bridgehead atoms. The molecule has 0 fully saturated rings. The van der Waals surface area contributed by atoms with E-state index in [4.69, 9.17) is 11.6 Å². The number of carbonyl (C=O) groups excluding carboxylic acids is 1. The summed E-state index contributed by atoms with van der Waals surface area (Å²) in [6.45, 7) is 5.15. The van der Waals surface area contributed by atoms with E-state index in [1.807, 2.05) is 0 Å². The first-order chi connectivity index (χ1) is 17.1. The molecule has 1 atom stereocenters. The summed E-state index contributed by atoms with van der Waals surface area (Å²) >= 11 is 6.30. The van der Waals surface area contributed by atoms with Crippen molar-refractivity contribution in [3.8, 4) is 5.69 Å². The number of hydrogen-bond acceptors (Lipinski definition) is 4. The summed E-state index contributed by atoms with van der Waals surface area (Å²) in [5.74, 6) is 0.0794. The van der Waals surface area contributed by atoms with Crippen molar-refractivity contribution in [2.75, 3.05) is 11.9 Å². The molecule has 3 N–H and O–H groups in total. The lowest BCUT2D eigenvalue weighted by molar-refractivity contribution is -0.122. The fourth-order valence-corrected chi connectivity index (χ4v) is 4.21. The molecule has 0 saturated carbocycles. The van der Waals surface area contributed by atoms with Gasteiger partial charge in [-0.25, -0.2) is 14.6 Å². The fourth-order valence-electron chi connectivity index (χ4n) is 3.96. The Morgan fingerprint density at radius 2 is 1.81 bits per heavy atom. The predicted molar refractivity (Wildman–Crippen MR) is 133 cm³/mol. The van der Waals surface area contributed by atoms with E-state index in [1.54, 1.807) is 45.1 Å². The van der Waals surface area contributed by atoms with Crippen molar-refractivity contribution in [3.05, 3.63) is 63.7 Å². The number of amides is 3. The van der Waals surface area contributed by atoms with Crippen LogP contribution in [0.4, 0.5) is 28.4 Å². The van der Waals surface area contributed by atoms with Crippen LogP contribution in [0, 0.1) is 0 Å². The van der Waals surface area contributed by atoms with Crippen molar-refractivity contribution < 1.29 is 27.9 Å². The average molecular weight is 540 g/mol. The number of fused-ring (bicyclic) bond motifs is 1. The molecular weight excluding hydrogens is 515 g/mol. The highest BCUT2D eigenvalue weighted by atomic mass is 35.5. The SMILES string of the molecule is C[C@@H](c1nc2cccc(Cl)c2c(=O)n1-c1cccc(NC(=O)NCC(F)(F)F)c1)N(C(=O)O)C(C)(C)C. The molecule has 0 spiro atoms. The Morgan fingerprint density at radius 1 is 1.16 bits per heavy atom. The molecule has 0 aliphatic carbocycles. The molecular formula is C24H25ClF3N5O4. The number of hydrogen-bond donors (Lipinski definition) is 3. The summed E-state index contributed by atoms with van der Waals surface area (Å²) in [4.78, 5) is 43.6. The van der Waals surface area contributed by atoms with Gasteiger partial charge < -0.3 is 15.7 Å². The third-order valence-electron chi connectivity index (χ3n) is 5.37. The zero-order valence-electron chi connectivity index (χ0n) is 20.4. The Bertz CT molecular complexity index is 1400. The topological polar surface area (TPSA) is 117 Å². The van der Waals surface area contributed by atoms with Crippen molar-refractivity contribution in [3.63, 3.8) is 0 Å². The van der Waals surface area contributed by atoms with Crippen LogP contribution in [-0.4, -0.2) is 49.9 Å². The number of urea groups is 1. The van der Waals surface area contributed by atoms with Gasteiger partial charge in [0.2, 0.25) is 0 Å². The molecule has 13 heteroatoms. The van der Waals surface area contributed by atoms with Crippen molar-refractivity contribution in [2.24, 2.45) is 0 Å². The van der Waals surface area contributed by atoms with Crippen molar-refractivity contribution in [2.45, 2.75) is 45.5 Å². The number of benzene rings is 2. The largest absolute Gasteiger partial charge is 0.465 e. The van der Waals surface area contributed by atoms with Crippen molar-refractivity contribution in [1.82, 2.24) is 19.8 Å². The summed E-state index contributed by atoms with van der Waals surface area (Å²) in [6, 6.07) is 8.46. The standard InChI is InChI=1S/C24H25ClF3N5O4/c1-13(33(22(36)37)23(2,3)4)19-31-17-10-6-9-16(25)18(17)20(34)32(19)15-8-5-7-14(11-15)30-21(35)29-12-24(26,27)28/h5-11,13H,12H2,1-4H3,(H,36,37)(H2,29,30,35)/t13-/m0/s1. The molecule has 0 radical (unpaired) electrons. The highest BCUT2D eigenvalue weighted by molar-refractivity contribution is 6.35. The first kappa shape index (κ1) is 27.8. The highest BCUT2D eigenvalue weighted by Gasteiger charge is 2.35. The van der Waals surface area contributed by atoms with Gasteiger partial charge in [-0.1, -0.05) is 23.7 Å². The molecule has 0 unspecified atom stereocenters. The Kier molecular flexibility index (Phi) is 7.72. The third kappa shape index (κ3) is 6.31. The third-order valence-corrected chi connectivity index (χ3v) is 5.69. The van der Waals surface area contributed by atoms with E-state index in [0.29, 0.717) is 0 Å². The molecule has 198 valence electrons. The number of carboxylic acid groups (broad SMARTS) is 1. The first-order valence-corrected chi connectivity index (χ1v) is 11.4. The minimum Gasteiger partial charge on any atom is -0.465 e. The molecule has 0 aliphatic rings. The number of alkyl halides is 3. The Labute approximate surface area is 214 Å². The normalized spacial score (nSPS) is 12.8. The van der Waals surface area contributed by atoms with Crippen LogP contribution in [0.1, 0.15) is 39.6 Å². The maximum Gasteiger partial charge on any atom is 0.408 e. The second-order valence-corrected chi connectivity index (χ2v) is 9.62. The van der Waals surface area contributed by atoms with Crippen LogP contribution < -0.4 is 16.2 Å². The van der Waals surface area contributed by atoms with Crippen LogP contribution in [0.3, 0.4) is 0 Å². The van der Waals surface area contributed by atoms with E-state index < -0.39 is 42.0 Å². The summed E-state index contributed by atoms with van der Waals surface area (Å²) in [7, 11) is 0. The van der Waals surface area contributed by atoms with Gasteiger partial charge >= 0.3 is 18.3 Å². The summed E-state index contributed by atoms with van der Waals surface area (Å²) < 4.78 is 38.5. The summed E-state index contributed by atoms with van der Waals surface area (Å²) in [6.07, 6.45) is -5.82. The fraction of sp³-hybridized carbons (Fsp3) is 0.333. The molecule has 9 nitrogen and oxygen atoms in total. The highest BCUT2D eigenvalue weighted by Crippen LogP contribution is 2.30. The minimum absolute atomic E-state index is 0.0794. The first-order valence-electron chi connectivity index (χ1n) is 11.1. The number of carbonyl (C=O) groups is 2. The van der Waals surface area contributed by atoms with Gasteiger partial charge in [0.15, 0.2) is 0 Å². The van der Waals surface area contributed by atoms with Gasteiger partial charge in [0.25, 0.3) is 5.56 Å². The van der Waals surface area contributed by atoms with E-state index >= 15 is 0 Å². The predicted octanol–water partition coefficient (Wildman–Crippen LogP) is 5.56. The van der Waals surface area contributed by atoms with E-state index in [0.717, 1.165) is 4.90 Å². The quantitative estimate of drug-likeness (QED) is 0.392. The lowest BCUT2D eigenvalue weighted by atomic mass is 10.0. The van der Waals surface area contributed by atoms with Crippen LogP contribution in [0.25, 0.3) is 16.6 Å². The number of halogens is 4. The Balaban J connectivity index is 2.18. The van der Waals surface area contributed by atoms with E-state index in [2.05, 4.69) is 10.3 Å². The second kappa shape index (κ2) is 10.3. The van der Waals surface area contributed by atoms with Crippen LogP contribution >= 0.6 is 11.6 Å². The molecule has 0 aliphatic heterocycles. The van der Waals surface area contributed by atoms with E-state index in [-0.39, 0.29) is 33.1 Å². The van der Waals surface area contributed by atoms with Gasteiger partial charge in [0, 0.05) is 11.2 Å². The van der Waals surface area contributed by atoms with Gasteiger partial charge in [-0.2, -0.15) is 13.2 Å². The Hall–Kier alpha value is -3.80. The summed E-state index contributed by atoms with van der Waals surface area (Å²) in [5, 5.41) is 14.2. The van der Waals surface area contributed by atoms with Gasteiger partial charge in [-0.15, -0.1) is 0 Å². The molecule has 0 saturated heterocycles. The smallest absolute Gasteiger partial charge is 0.408 e. The number of rotatable bonds is 5. The van der Waals surface area contributed by atoms with Gasteiger partial charge in [-0.05, 0) is 58.0 Å². The van der Waals surface area contributed by atoms with Gasteiger partial charge in [0.05, 0.1) is 27.7 Å². The zero-order valence-corrected chi connectivity index (χ0v) is 21.1. The monoisotopic (exact) mass is 539 g/mol. The second-order valence-electron chi connectivity index (χ2n) is 9.22. The van der Waals surface area contributed by atoms with Crippen LogP contribution in [-0.2, 0) is 0 Å². The number of nitrogens with zero attached hydrogens (tertiary/aromatic N) is 3. The number of nitrogens with one attached hydrogen (secondary N) is 2. The minimum atomic E-state index is -4.59. The van der Waals surface area contributed by atoms with Crippen LogP contribution in [0.15, 0.2) is 47.3 Å². The van der Waals surface area contributed by atoms with E-state index in [9.17, 15) is 32.7 Å². The van der Waals surface area contributed by atoms with E-state index in [1.165, 1.54) is 34.9 Å². The summed E-state index contributed by atoms with van der Waals surface area (Å²) in [5.41, 5.74) is -0.912. The van der Waals surface area contributed by atoms with Crippen LogP contribution in [0.2, 0.25) is 5.02 Å². The molecule has 3 amide bonds. The molecule has 1 heterocycles. The maximum atomic E-state index is 13.7. The molecule has 1 aromatic heterocycles. The number of aromatic nitrogens is 2. The molecule has 2 aromatic carbocycles. The molecule has 3 aromatic rings. The molecule has 37 heavy (non-hydrogen) atoms. The lowest BCUT2D eigenvalue weighted by Gasteiger charge is -2.38. The zero-order chi connectivity index (χ0) is 27.7. The van der Waals surface area contributed by atoms with Crippen molar-refractivity contribution in [1.29, 1.82) is 0 Å². The molecule has 3 rings (SSSR count). The average Bonchev–Trinajstić information content (AvgIpc) is 2.76. The number of anilines is 1. The van der Waals surface area contributed by atoms with Gasteiger partial charge in [-0.3, -0.25) is 14.3 Å². The van der Waals surface area contributed by atoms with Crippen molar-refractivity contribution >= 4 is 40.3 Å². The lowest BCUT2D eigenvalue weighted by Crippen LogP contribution is -2.47. The van der Waals surface area contributed by atoms with Gasteiger partial charge in [0.1, 0.15) is 12.4 Å². The van der Waals surface area contributed by atoms with Crippen LogP contribution in [0.5, 0.6) is 0 Å².